The summed E-state index contributed by atoms with van der Waals surface area (Å²) in [4.78, 5) is 34.3. The maximum atomic E-state index is 12.9. The van der Waals surface area contributed by atoms with Crippen molar-refractivity contribution in [2.75, 3.05) is 6.61 Å². The van der Waals surface area contributed by atoms with Gasteiger partial charge >= 0.3 is 23.2 Å². The molecule has 0 N–H and O–H groups in total. The fourth-order valence-corrected chi connectivity index (χ4v) is 1.70. The molecule has 156 valence electrons. The summed E-state index contributed by atoms with van der Waals surface area (Å²) in [6, 6.07) is 5.04. The minimum Gasteiger partial charge on any atom is -0.743 e. The van der Waals surface area contributed by atoms with E-state index in [9.17, 15) is 36.1 Å². The predicted octanol–water partition coefficient (Wildman–Crippen LogP) is 1.61. The molecule has 1 rings (SSSR count). The molecular formula is C16H17F2O9S-. The number of ether oxygens (including phenoxy) is 3. The first-order valence-electron chi connectivity index (χ1n) is 7.74. The second-order valence-electron chi connectivity index (χ2n) is 6.12. The van der Waals surface area contributed by atoms with Crippen LogP contribution in [0.4, 0.5) is 8.78 Å². The lowest BCUT2D eigenvalue weighted by atomic mass is 9.91. The van der Waals surface area contributed by atoms with Gasteiger partial charge in [0.1, 0.15) is 11.5 Å². The Balaban J connectivity index is 2.62. The molecule has 28 heavy (non-hydrogen) atoms. The Labute approximate surface area is 159 Å². The number of esters is 3. The van der Waals surface area contributed by atoms with E-state index in [2.05, 4.69) is 9.47 Å². The summed E-state index contributed by atoms with van der Waals surface area (Å²) in [5.41, 5.74) is -0.700. The normalized spacial score (nSPS) is 12.2. The molecule has 1 aromatic rings. The third kappa shape index (κ3) is 5.96. The second-order valence-corrected chi connectivity index (χ2v) is 7.54. The molecule has 9 nitrogen and oxygen atoms in total. The first-order chi connectivity index (χ1) is 12.7. The number of rotatable bonds is 8. The summed E-state index contributed by atoms with van der Waals surface area (Å²) in [6.45, 7) is 3.87. The second kappa shape index (κ2) is 8.61. The van der Waals surface area contributed by atoms with E-state index in [0.717, 1.165) is 0 Å². The topological polar surface area (TPSA) is 136 Å². The Bertz CT molecular complexity index is 845. The van der Waals surface area contributed by atoms with E-state index in [4.69, 9.17) is 4.74 Å². The number of hydrogen-bond donors (Lipinski definition) is 0. The fourth-order valence-electron chi connectivity index (χ4n) is 1.44. The molecule has 12 heteroatoms. The van der Waals surface area contributed by atoms with Crippen LogP contribution in [0.25, 0.3) is 0 Å². The van der Waals surface area contributed by atoms with E-state index in [1.807, 2.05) is 6.92 Å². The van der Waals surface area contributed by atoms with Crippen LogP contribution in [0, 0.1) is 5.41 Å². The zero-order valence-electron chi connectivity index (χ0n) is 15.1. The predicted molar refractivity (Wildman–Crippen MR) is 87.4 cm³/mol. The van der Waals surface area contributed by atoms with Gasteiger partial charge in [-0.05, 0) is 44.5 Å². The van der Waals surface area contributed by atoms with E-state index < -0.39 is 45.3 Å². The summed E-state index contributed by atoms with van der Waals surface area (Å²) < 4.78 is 70.2. The van der Waals surface area contributed by atoms with E-state index in [1.54, 1.807) is 13.8 Å². The summed E-state index contributed by atoms with van der Waals surface area (Å²) in [6.07, 6.45) is 0.549. The van der Waals surface area contributed by atoms with Gasteiger partial charge in [0, 0.05) is 0 Å². The first kappa shape index (κ1) is 23.4. The molecule has 0 saturated carbocycles. The SMILES string of the molecule is CCC(C)(C)C(=O)Oc1ccc(OC(=O)COC(=O)C(F)(F)S(=O)(=O)[O-])cc1. The van der Waals surface area contributed by atoms with Crippen LogP contribution in [-0.4, -0.2) is 42.7 Å². The Hall–Kier alpha value is -2.60. The zero-order chi connectivity index (χ0) is 21.8. The standard InChI is InChI=1S/C16H18F2O9S/c1-4-15(2,3)13(20)27-11-7-5-10(6-8-11)26-12(19)9-25-14(21)16(17,18)28(22,23)24/h5-8H,4,9H2,1-3H3,(H,22,23,24)/p-1. The Kier molecular flexibility index (Phi) is 7.20. The summed E-state index contributed by atoms with van der Waals surface area (Å²) >= 11 is 0. The molecule has 0 aliphatic heterocycles. The molecule has 0 saturated heterocycles. The number of halogens is 2. The Morgan fingerprint density at radius 1 is 1.00 bits per heavy atom. The maximum absolute atomic E-state index is 12.9. The highest BCUT2D eigenvalue weighted by Gasteiger charge is 2.48. The van der Waals surface area contributed by atoms with Crippen LogP contribution in [0.15, 0.2) is 24.3 Å². The molecule has 0 spiro atoms. The van der Waals surface area contributed by atoms with Crippen LogP contribution >= 0.6 is 0 Å². The van der Waals surface area contributed by atoms with Crippen molar-refractivity contribution in [1.82, 2.24) is 0 Å². The smallest absolute Gasteiger partial charge is 0.428 e. The average molecular weight is 423 g/mol. The highest BCUT2D eigenvalue weighted by atomic mass is 32.2. The van der Waals surface area contributed by atoms with Crippen molar-refractivity contribution < 1.29 is 50.3 Å². The van der Waals surface area contributed by atoms with Crippen LogP contribution in [0.2, 0.25) is 0 Å². The largest absolute Gasteiger partial charge is 0.743 e. The van der Waals surface area contributed by atoms with Crippen molar-refractivity contribution in [3.63, 3.8) is 0 Å². The van der Waals surface area contributed by atoms with E-state index in [0.29, 0.717) is 6.42 Å². The van der Waals surface area contributed by atoms with Crippen molar-refractivity contribution >= 4 is 28.0 Å². The maximum Gasteiger partial charge on any atom is 0.428 e. The lowest BCUT2D eigenvalue weighted by Crippen LogP contribution is -2.40. The first-order valence-corrected chi connectivity index (χ1v) is 9.15. The lowest BCUT2D eigenvalue weighted by Gasteiger charge is -2.20. The van der Waals surface area contributed by atoms with E-state index in [-0.39, 0.29) is 11.5 Å². The van der Waals surface area contributed by atoms with Crippen LogP contribution in [0.5, 0.6) is 11.5 Å². The van der Waals surface area contributed by atoms with Gasteiger partial charge in [-0.1, -0.05) is 6.92 Å². The number of carbonyl (C=O) groups is 3. The average Bonchev–Trinajstić information content (AvgIpc) is 2.60. The summed E-state index contributed by atoms with van der Waals surface area (Å²) in [7, 11) is -6.29. The van der Waals surface area contributed by atoms with Crippen LogP contribution in [-0.2, 0) is 29.2 Å². The minimum absolute atomic E-state index is 0.0983. The van der Waals surface area contributed by atoms with Gasteiger partial charge in [0.2, 0.25) is 0 Å². The summed E-state index contributed by atoms with van der Waals surface area (Å²) in [5.74, 6) is -4.41. The molecule has 0 amide bonds. The van der Waals surface area contributed by atoms with Crippen molar-refractivity contribution in [3.05, 3.63) is 24.3 Å². The Morgan fingerprint density at radius 2 is 1.46 bits per heavy atom. The van der Waals surface area contributed by atoms with Gasteiger partial charge in [-0.3, -0.25) is 4.79 Å². The fraction of sp³-hybridized carbons (Fsp3) is 0.438. The van der Waals surface area contributed by atoms with Gasteiger partial charge < -0.3 is 18.8 Å². The van der Waals surface area contributed by atoms with Gasteiger partial charge in [-0.15, -0.1) is 0 Å². The van der Waals surface area contributed by atoms with Crippen LogP contribution in [0.1, 0.15) is 27.2 Å². The molecule has 0 aliphatic rings. The lowest BCUT2D eigenvalue weighted by molar-refractivity contribution is -0.166. The van der Waals surface area contributed by atoms with Crippen molar-refractivity contribution in [2.45, 2.75) is 32.4 Å². The number of carbonyl (C=O) groups excluding carboxylic acids is 3. The quantitative estimate of drug-likeness (QED) is 0.347. The minimum atomic E-state index is -6.29. The van der Waals surface area contributed by atoms with Gasteiger partial charge in [0.05, 0.1) is 5.41 Å². The molecule has 0 aromatic heterocycles. The highest BCUT2D eigenvalue weighted by Crippen LogP contribution is 2.25. The zero-order valence-corrected chi connectivity index (χ0v) is 15.9. The molecular weight excluding hydrogens is 406 g/mol. The van der Waals surface area contributed by atoms with Crippen LogP contribution in [0.3, 0.4) is 0 Å². The Morgan fingerprint density at radius 3 is 1.89 bits per heavy atom. The third-order valence-corrected chi connectivity index (χ3v) is 4.37. The highest BCUT2D eigenvalue weighted by molar-refractivity contribution is 7.87. The van der Waals surface area contributed by atoms with Crippen molar-refractivity contribution in [3.8, 4) is 11.5 Å². The number of alkyl halides is 2. The monoisotopic (exact) mass is 423 g/mol. The third-order valence-electron chi connectivity index (χ3n) is 3.58. The van der Waals surface area contributed by atoms with Crippen molar-refractivity contribution in [2.24, 2.45) is 5.41 Å². The molecule has 0 heterocycles. The van der Waals surface area contributed by atoms with Gasteiger partial charge in [0.25, 0.3) is 0 Å². The van der Waals surface area contributed by atoms with Gasteiger partial charge in [-0.2, -0.15) is 8.78 Å². The van der Waals surface area contributed by atoms with E-state index >= 15 is 0 Å². The molecule has 0 bridgehead atoms. The number of benzene rings is 1. The molecule has 0 radical (unpaired) electrons. The molecule has 0 aliphatic carbocycles. The van der Waals surface area contributed by atoms with Crippen molar-refractivity contribution in [1.29, 1.82) is 0 Å². The molecule has 0 fully saturated rings. The molecule has 0 atom stereocenters. The van der Waals surface area contributed by atoms with Gasteiger partial charge in [-0.25, -0.2) is 18.0 Å². The van der Waals surface area contributed by atoms with Gasteiger partial charge in [0.15, 0.2) is 16.7 Å². The number of hydrogen-bond acceptors (Lipinski definition) is 9. The summed E-state index contributed by atoms with van der Waals surface area (Å²) in [5, 5.41) is -5.33. The molecule has 1 aromatic carbocycles. The van der Waals surface area contributed by atoms with E-state index in [1.165, 1.54) is 24.3 Å². The van der Waals surface area contributed by atoms with Crippen LogP contribution < -0.4 is 9.47 Å². The molecule has 0 unspecified atom stereocenters.